The van der Waals surface area contributed by atoms with Gasteiger partial charge in [0.2, 0.25) is 15.9 Å². The van der Waals surface area contributed by atoms with Crippen molar-refractivity contribution in [3.63, 3.8) is 0 Å². The van der Waals surface area contributed by atoms with Crippen LogP contribution in [0.1, 0.15) is 53.4 Å². The number of anilines is 1. The molecule has 1 N–H and O–H groups in total. The van der Waals surface area contributed by atoms with E-state index in [2.05, 4.69) is 5.32 Å². The molecule has 2 aliphatic rings. The first kappa shape index (κ1) is 23.8. The molecule has 7 nitrogen and oxygen atoms in total. The summed E-state index contributed by atoms with van der Waals surface area (Å²) >= 11 is 1.43. The quantitative estimate of drug-likeness (QED) is 0.613. The molecule has 33 heavy (non-hydrogen) atoms. The second-order valence-electron chi connectivity index (χ2n) is 8.23. The minimum Gasteiger partial charge on any atom is -0.462 e. The number of fused-ring (bicyclic) bond motifs is 1. The zero-order chi connectivity index (χ0) is 23.6. The molecule has 2 aromatic rings. The Morgan fingerprint density at radius 3 is 2.58 bits per heavy atom. The molecule has 10 heteroatoms. The van der Waals surface area contributed by atoms with Gasteiger partial charge in [-0.15, -0.1) is 11.3 Å². The number of aryl methyl sites for hydroxylation is 1. The molecule has 1 aromatic heterocycles. The van der Waals surface area contributed by atoms with Crippen molar-refractivity contribution in [2.24, 2.45) is 5.92 Å². The number of amides is 1. The highest BCUT2D eigenvalue weighted by atomic mass is 32.2. The van der Waals surface area contributed by atoms with Gasteiger partial charge in [-0.25, -0.2) is 17.6 Å². The first-order valence-electron chi connectivity index (χ1n) is 11.2. The van der Waals surface area contributed by atoms with Gasteiger partial charge in [-0.1, -0.05) is 12.1 Å². The van der Waals surface area contributed by atoms with Crippen LogP contribution in [0.2, 0.25) is 0 Å². The first-order chi connectivity index (χ1) is 15.8. The highest BCUT2D eigenvalue weighted by molar-refractivity contribution is 7.89. The Morgan fingerprint density at radius 2 is 1.88 bits per heavy atom. The van der Waals surface area contributed by atoms with Gasteiger partial charge in [0.25, 0.3) is 0 Å². The normalized spacial score (nSPS) is 17.4. The number of nitrogens with zero attached hydrogens (tertiary/aromatic N) is 1. The standard InChI is InChI=1S/C23H27FN2O5S2/c1-2-31-23(28)20-16-7-3-5-9-18(16)32-22(20)25-21(27)15-11-13-26(14-12-15)33(29,30)19-10-6-4-8-17(19)24/h4,6,8,10,15H,2-3,5,7,9,11-14H2,1H3,(H,25,27). The minimum absolute atomic E-state index is 0.125. The van der Waals surface area contributed by atoms with Crippen LogP contribution in [-0.2, 0) is 32.4 Å². The van der Waals surface area contributed by atoms with Crippen LogP contribution in [0.15, 0.2) is 29.2 Å². The molecule has 1 amide bonds. The molecule has 178 valence electrons. The largest absolute Gasteiger partial charge is 0.462 e. The van der Waals surface area contributed by atoms with Crippen molar-refractivity contribution in [2.75, 3.05) is 25.0 Å². The lowest BCUT2D eigenvalue weighted by Crippen LogP contribution is -2.41. The van der Waals surface area contributed by atoms with Crippen LogP contribution in [0.3, 0.4) is 0 Å². The molecule has 0 radical (unpaired) electrons. The van der Waals surface area contributed by atoms with Crippen LogP contribution in [0.4, 0.5) is 9.39 Å². The van der Waals surface area contributed by atoms with Crippen LogP contribution < -0.4 is 5.32 Å². The number of benzene rings is 1. The number of hydrogen-bond acceptors (Lipinski definition) is 6. The SMILES string of the molecule is CCOC(=O)c1c(NC(=O)C2CCN(S(=O)(=O)c3ccccc3F)CC2)sc2c1CCCC2. The predicted molar refractivity (Wildman–Crippen MR) is 123 cm³/mol. The summed E-state index contributed by atoms with van der Waals surface area (Å²) in [4.78, 5) is 26.4. The van der Waals surface area contributed by atoms with Crippen molar-refractivity contribution in [3.05, 3.63) is 46.1 Å². The van der Waals surface area contributed by atoms with E-state index in [9.17, 15) is 22.4 Å². The summed E-state index contributed by atoms with van der Waals surface area (Å²) in [6.07, 6.45) is 4.37. The van der Waals surface area contributed by atoms with Crippen LogP contribution in [0.5, 0.6) is 0 Å². The Morgan fingerprint density at radius 1 is 1.18 bits per heavy atom. The highest BCUT2D eigenvalue weighted by Gasteiger charge is 2.34. The summed E-state index contributed by atoms with van der Waals surface area (Å²) in [6.45, 7) is 2.25. The minimum atomic E-state index is -3.96. The lowest BCUT2D eigenvalue weighted by Gasteiger charge is -2.30. The van der Waals surface area contributed by atoms with Crippen molar-refractivity contribution < 1.29 is 27.1 Å². The van der Waals surface area contributed by atoms with Crippen LogP contribution in [0, 0.1) is 11.7 Å². The summed E-state index contributed by atoms with van der Waals surface area (Å²) in [7, 11) is -3.96. The van der Waals surface area contributed by atoms with E-state index < -0.39 is 27.7 Å². The van der Waals surface area contributed by atoms with Gasteiger partial charge in [0, 0.05) is 23.9 Å². The van der Waals surface area contributed by atoms with Gasteiger partial charge in [-0.2, -0.15) is 4.31 Å². The Balaban J connectivity index is 1.45. The molecule has 0 saturated carbocycles. The third-order valence-corrected chi connectivity index (χ3v) is 9.31. The van der Waals surface area contributed by atoms with E-state index in [0.717, 1.165) is 42.2 Å². The first-order valence-corrected chi connectivity index (χ1v) is 13.5. The van der Waals surface area contributed by atoms with Gasteiger partial charge in [-0.05, 0) is 63.1 Å². The van der Waals surface area contributed by atoms with E-state index in [1.54, 1.807) is 6.92 Å². The van der Waals surface area contributed by atoms with Crippen molar-refractivity contribution >= 4 is 38.2 Å². The zero-order valence-electron chi connectivity index (χ0n) is 18.4. The Labute approximate surface area is 197 Å². The average Bonchev–Trinajstić information content (AvgIpc) is 3.17. The van der Waals surface area contributed by atoms with E-state index >= 15 is 0 Å². The number of piperidine rings is 1. The number of esters is 1. The lowest BCUT2D eigenvalue weighted by molar-refractivity contribution is -0.120. The molecule has 0 atom stereocenters. The summed E-state index contributed by atoms with van der Waals surface area (Å²) in [5, 5.41) is 3.44. The average molecular weight is 495 g/mol. The van der Waals surface area contributed by atoms with Gasteiger partial charge in [-0.3, -0.25) is 4.79 Å². The van der Waals surface area contributed by atoms with Gasteiger partial charge in [0.1, 0.15) is 15.7 Å². The van der Waals surface area contributed by atoms with Crippen LogP contribution in [0.25, 0.3) is 0 Å². The fourth-order valence-corrected chi connectivity index (χ4v) is 7.25. The molecular weight excluding hydrogens is 467 g/mol. The van der Waals surface area contributed by atoms with Gasteiger partial charge >= 0.3 is 5.97 Å². The fraction of sp³-hybridized carbons (Fsp3) is 0.478. The number of sulfonamides is 1. The smallest absolute Gasteiger partial charge is 0.341 e. The maximum absolute atomic E-state index is 14.0. The molecule has 1 fully saturated rings. The predicted octanol–water partition coefficient (Wildman–Crippen LogP) is 3.98. The zero-order valence-corrected chi connectivity index (χ0v) is 20.1. The number of hydrogen-bond donors (Lipinski definition) is 1. The number of nitrogens with one attached hydrogen (secondary N) is 1. The maximum Gasteiger partial charge on any atom is 0.341 e. The van der Waals surface area contributed by atoms with Gasteiger partial charge in [0.15, 0.2) is 0 Å². The van der Waals surface area contributed by atoms with E-state index in [1.807, 2.05) is 0 Å². The monoisotopic (exact) mass is 494 g/mol. The van der Waals surface area contributed by atoms with Crippen molar-refractivity contribution in [1.82, 2.24) is 4.31 Å². The number of halogens is 1. The second kappa shape index (κ2) is 9.90. The van der Waals surface area contributed by atoms with E-state index in [1.165, 1.54) is 33.8 Å². The Hall–Kier alpha value is -2.30. The maximum atomic E-state index is 14.0. The number of thiophene rings is 1. The Bertz CT molecular complexity index is 1150. The van der Waals surface area contributed by atoms with Gasteiger partial charge < -0.3 is 10.1 Å². The van der Waals surface area contributed by atoms with Crippen molar-refractivity contribution in [1.29, 1.82) is 0 Å². The van der Waals surface area contributed by atoms with E-state index in [-0.39, 0.29) is 30.5 Å². The topological polar surface area (TPSA) is 92.8 Å². The fourth-order valence-electron chi connectivity index (χ4n) is 4.44. The van der Waals surface area contributed by atoms with E-state index in [0.29, 0.717) is 23.4 Å². The molecule has 1 aromatic carbocycles. The highest BCUT2D eigenvalue weighted by Crippen LogP contribution is 2.39. The summed E-state index contributed by atoms with van der Waals surface area (Å²) in [5.74, 6) is -1.84. The molecule has 2 heterocycles. The molecule has 0 unspecified atom stereocenters. The molecule has 0 bridgehead atoms. The molecular formula is C23H27FN2O5S2. The third kappa shape index (κ3) is 4.83. The van der Waals surface area contributed by atoms with E-state index in [4.69, 9.17) is 4.74 Å². The molecule has 1 aliphatic carbocycles. The third-order valence-electron chi connectivity index (χ3n) is 6.17. The summed E-state index contributed by atoms with van der Waals surface area (Å²) < 4.78 is 46.1. The Kier molecular flexibility index (Phi) is 7.16. The number of ether oxygens (including phenoxy) is 1. The lowest BCUT2D eigenvalue weighted by atomic mass is 9.95. The molecule has 1 saturated heterocycles. The summed E-state index contributed by atoms with van der Waals surface area (Å²) in [5.41, 5.74) is 1.44. The molecule has 0 spiro atoms. The molecule has 1 aliphatic heterocycles. The number of rotatable bonds is 6. The van der Waals surface area contributed by atoms with Crippen molar-refractivity contribution in [2.45, 2.75) is 50.3 Å². The van der Waals surface area contributed by atoms with Gasteiger partial charge in [0.05, 0.1) is 12.2 Å². The summed E-state index contributed by atoms with van der Waals surface area (Å²) in [6, 6.07) is 5.30. The number of carbonyl (C=O) groups is 2. The van der Waals surface area contributed by atoms with Crippen LogP contribution in [-0.4, -0.2) is 44.3 Å². The number of carbonyl (C=O) groups excluding carboxylic acids is 2. The second-order valence-corrected chi connectivity index (χ2v) is 11.2. The van der Waals surface area contributed by atoms with Crippen molar-refractivity contribution in [3.8, 4) is 0 Å². The molecule has 4 rings (SSSR count). The van der Waals surface area contributed by atoms with Crippen LogP contribution >= 0.6 is 11.3 Å².